The molecule has 2 aromatic rings. The van der Waals surface area contributed by atoms with Gasteiger partial charge in [0.1, 0.15) is 0 Å². The van der Waals surface area contributed by atoms with E-state index >= 15 is 0 Å². The van der Waals surface area contributed by atoms with Gasteiger partial charge in [-0.05, 0) is 20.0 Å². The number of hydrogen-bond donors (Lipinski definition) is 2. The first kappa shape index (κ1) is 17.2. The van der Waals surface area contributed by atoms with Crippen LogP contribution in [-0.4, -0.2) is 30.1 Å². The Bertz CT molecular complexity index is 697. The number of amides is 1. The molecule has 1 aromatic heterocycles. The fourth-order valence-electron chi connectivity index (χ4n) is 2.04. The first-order valence-corrected chi connectivity index (χ1v) is 6.59. The van der Waals surface area contributed by atoms with Gasteiger partial charge in [0.2, 0.25) is 0 Å². The number of fused-ring (bicyclic) bond motifs is 1. The third-order valence-electron chi connectivity index (χ3n) is 3.46. The van der Waals surface area contributed by atoms with Crippen LogP contribution in [0.1, 0.15) is 17.3 Å². The van der Waals surface area contributed by atoms with Gasteiger partial charge in [-0.1, -0.05) is 18.2 Å². The third-order valence-corrected chi connectivity index (χ3v) is 3.46. The molecule has 0 saturated heterocycles. The van der Waals surface area contributed by atoms with E-state index in [1.807, 2.05) is 38.2 Å². The highest BCUT2D eigenvalue weighted by Crippen LogP contribution is 2.15. The lowest BCUT2D eigenvalue weighted by Crippen LogP contribution is -2.37. The number of benzene rings is 1. The summed E-state index contributed by atoms with van der Waals surface area (Å²) in [5.41, 5.74) is 0.995. The number of aromatic nitrogens is 1. The highest BCUT2D eigenvalue weighted by Gasteiger charge is 2.13. The Kier molecular flexibility index (Phi) is 5.93. The summed E-state index contributed by atoms with van der Waals surface area (Å²) in [6, 6.07) is 8.97. The summed E-state index contributed by atoms with van der Waals surface area (Å²) in [6.07, 6.45) is 0. The molecule has 0 saturated carbocycles. The van der Waals surface area contributed by atoms with E-state index in [4.69, 9.17) is 0 Å². The second-order valence-corrected chi connectivity index (χ2v) is 4.87. The van der Waals surface area contributed by atoms with Crippen LogP contribution >= 0.6 is 12.4 Å². The number of para-hydroxylation sites is 1. The molecule has 0 aliphatic heterocycles. The molecule has 114 valence electrons. The van der Waals surface area contributed by atoms with Crippen LogP contribution in [0.25, 0.3) is 10.9 Å². The highest BCUT2D eigenvalue weighted by atomic mass is 35.5. The number of carbonyl (C=O) groups excluding carboxylic acids is 1. The minimum absolute atomic E-state index is 0. The molecule has 1 aromatic carbocycles. The van der Waals surface area contributed by atoms with E-state index in [9.17, 15) is 9.59 Å². The van der Waals surface area contributed by atoms with Gasteiger partial charge in [0.15, 0.2) is 0 Å². The molecule has 1 amide bonds. The van der Waals surface area contributed by atoms with Crippen LogP contribution in [0.3, 0.4) is 0 Å². The lowest BCUT2D eigenvalue weighted by atomic mass is 10.1. The minimum atomic E-state index is -0.221. The molecule has 0 bridgehead atoms. The SMILES string of the molecule is CNC(C)CNC(=O)c1cc(=O)n(C)c2ccccc12.Cl. The van der Waals surface area contributed by atoms with Gasteiger partial charge in [0.25, 0.3) is 11.5 Å². The van der Waals surface area contributed by atoms with Crippen LogP contribution in [0.5, 0.6) is 0 Å². The van der Waals surface area contributed by atoms with Gasteiger partial charge >= 0.3 is 0 Å². The number of carbonyl (C=O) groups is 1. The molecule has 1 unspecified atom stereocenters. The Hall–Kier alpha value is -1.85. The van der Waals surface area contributed by atoms with Crippen molar-refractivity contribution < 1.29 is 4.79 Å². The molecular weight excluding hydrogens is 290 g/mol. The van der Waals surface area contributed by atoms with Gasteiger partial charge < -0.3 is 15.2 Å². The molecule has 2 rings (SSSR count). The van der Waals surface area contributed by atoms with E-state index in [0.717, 1.165) is 10.9 Å². The van der Waals surface area contributed by atoms with Crippen LogP contribution in [0, 0.1) is 0 Å². The van der Waals surface area contributed by atoms with Crippen molar-refractivity contribution in [2.75, 3.05) is 13.6 Å². The fourth-order valence-corrected chi connectivity index (χ4v) is 2.04. The maximum Gasteiger partial charge on any atom is 0.252 e. The Balaban J connectivity index is 0.00000220. The average molecular weight is 310 g/mol. The summed E-state index contributed by atoms with van der Waals surface area (Å²) in [6.45, 7) is 2.49. The van der Waals surface area contributed by atoms with Gasteiger partial charge in [-0.15, -0.1) is 12.4 Å². The largest absolute Gasteiger partial charge is 0.350 e. The summed E-state index contributed by atoms with van der Waals surface area (Å²) in [5.74, 6) is -0.221. The Morgan fingerprint density at radius 1 is 1.33 bits per heavy atom. The normalized spacial score (nSPS) is 11.8. The van der Waals surface area contributed by atoms with E-state index in [2.05, 4.69) is 10.6 Å². The van der Waals surface area contributed by atoms with Crippen LogP contribution in [-0.2, 0) is 7.05 Å². The lowest BCUT2D eigenvalue weighted by molar-refractivity contribution is 0.0952. The number of aryl methyl sites for hydroxylation is 1. The number of nitrogens with zero attached hydrogens (tertiary/aromatic N) is 1. The molecule has 1 atom stereocenters. The van der Waals surface area contributed by atoms with Crippen molar-refractivity contribution in [3.8, 4) is 0 Å². The highest BCUT2D eigenvalue weighted by molar-refractivity contribution is 6.06. The molecule has 0 radical (unpaired) electrons. The van der Waals surface area contributed by atoms with Crippen molar-refractivity contribution in [1.82, 2.24) is 15.2 Å². The third kappa shape index (κ3) is 3.62. The summed E-state index contributed by atoms with van der Waals surface area (Å²) >= 11 is 0. The summed E-state index contributed by atoms with van der Waals surface area (Å²) in [4.78, 5) is 24.2. The number of nitrogens with one attached hydrogen (secondary N) is 2. The second kappa shape index (κ2) is 7.24. The summed E-state index contributed by atoms with van der Waals surface area (Å²) in [5, 5.41) is 6.67. The Morgan fingerprint density at radius 3 is 2.67 bits per heavy atom. The van der Waals surface area contributed by atoms with E-state index in [1.165, 1.54) is 6.07 Å². The number of pyridine rings is 1. The zero-order chi connectivity index (χ0) is 14.7. The monoisotopic (exact) mass is 309 g/mol. The van der Waals surface area contributed by atoms with E-state index in [0.29, 0.717) is 12.1 Å². The van der Waals surface area contributed by atoms with E-state index in [-0.39, 0.29) is 29.9 Å². The number of hydrogen-bond acceptors (Lipinski definition) is 3. The molecule has 21 heavy (non-hydrogen) atoms. The van der Waals surface area contributed by atoms with Crippen molar-refractivity contribution >= 4 is 29.2 Å². The Morgan fingerprint density at radius 2 is 2.00 bits per heavy atom. The molecule has 0 aliphatic rings. The van der Waals surface area contributed by atoms with Crippen molar-refractivity contribution in [3.63, 3.8) is 0 Å². The topological polar surface area (TPSA) is 63.1 Å². The summed E-state index contributed by atoms with van der Waals surface area (Å²) in [7, 11) is 3.54. The molecule has 0 spiro atoms. The summed E-state index contributed by atoms with van der Waals surface area (Å²) < 4.78 is 1.54. The average Bonchev–Trinajstić information content (AvgIpc) is 2.48. The predicted molar refractivity (Wildman–Crippen MR) is 87.3 cm³/mol. The smallest absolute Gasteiger partial charge is 0.252 e. The molecular formula is C15H20ClN3O2. The maximum atomic E-state index is 12.3. The van der Waals surface area contributed by atoms with E-state index < -0.39 is 0 Å². The van der Waals surface area contributed by atoms with Gasteiger partial charge in [-0.2, -0.15) is 0 Å². The minimum Gasteiger partial charge on any atom is -0.350 e. The zero-order valence-corrected chi connectivity index (χ0v) is 13.2. The van der Waals surface area contributed by atoms with Gasteiger partial charge in [0, 0.05) is 31.1 Å². The first-order chi connectivity index (χ1) is 9.54. The van der Waals surface area contributed by atoms with Crippen LogP contribution < -0.4 is 16.2 Å². The van der Waals surface area contributed by atoms with Crippen molar-refractivity contribution in [2.45, 2.75) is 13.0 Å². The second-order valence-electron chi connectivity index (χ2n) is 4.87. The van der Waals surface area contributed by atoms with Crippen molar-refractivity contribution in [3.05, 3.63) is 46.2 Å². The molecule has 2 N–H and O–H groups in total. The maximum absolute atomic E-state index is 12.3. The van der Waals surface area contributed by atoms with Gasteiger partial charge in [-0.25, -0.2) is 0 Å². The van der Waals surface area contributed by atoms with Crippen molar-refractivity contribution in [2.24, 2.45) is 7.05 Å². The van der Waals surface area contributed by atoms with E-state index in [1.54, 1.807) is 11.6 Å². The fraction of sp³-hybridized carbons (Fsp3) is 0.333. The number of likely N-dealkylation sites (N-methyl/N-ethyl adjacent to an activating group) is 1. The molecule has 0 aliphatic carbocycles. The van der Waals surface area contributed by atoms with Crippen molar-refractivity contribution in [1.29, 1.82) is 0 Å². The Labute approximate surface area is 129 Å². The van der Waals surface area contributed by atoms with Gasteiger partial charge in [0.05, 0.1) is 11.1 Å². The van der Waals surface area contributed by atoms with Crippen LogP contribution in [0.2, 0.25) is 0 Å². The molecule has 0 fully saturated rings. The van der Waals surface area contributed by atoms with Crippen LogP contribution in [0.15, 0.2) is 35.1 Å². The predicted octanol–water partition coefficient (Wildman–Crippen LogP) is 1.30. The molecule has 1 heterocycles. The van der Waals surface area contributed by atoms with Gasteiger partial charge in [-0.3, -0.25) is 9.59 Å². The zero-order valence-electron chi connectivity index (χ0n) is 12.3. The number of halogens is 1. The quantitative estimate of drug-likeness (QED) is 0.895. The molecule has 6 heteroatoms. The first-order valence-electron chi connectivity index (χ1n) is 6.59. The standard InChI is InChI=1S/C15H19N3O2.ClH/c1-10(16-2)9-17-15(20)12-8-14(19)18(3)13-7-5-4-6-11(12)13;/h4-8,10,16H,9H2,1-3H3,(H,17,20);1H. The number of rotatable bonds is 4. The molecule has 5 nitrogen and oxygen atoms in total. The lowest BCUT2D eigenvalue weighted by Gasteiger charge is -2.13. The van der Waals surface area contributed by atoms with Crippen LogP contribution in [0.4, 0.5) is 0 Å².